The molecule has 1 aromatic rings. The summed E-state index contributed by atoms with van der Waals surface area (Å²) in [6.45, 7) is 4.28. The first-order chi connectivity index (χ1) is 7.08. The van der Waals surface area contributed by atoms with Crippen molar-refractivity contribution in [3.05, 3.63) is 28.3 Å². The first-order valence-corrected chi connectivity index (χ1v) is 5.58. The fraction of sp³-hybridized carbons (Fsp3) is 0.417. The first kappa shape index (κ1) is 10.5. The molecule has 0 spiro atoms. The molecule has 0 aromatic heterocycles. The van der Waals surface area contributed by atoms with Crippen LogP contribution < -0.4 is 5.32 Å². The van der Waals surface area contributed by atoms with E-state index in [2.05, 4.69) is 25.2 Å². The van der Waals surface area contributed by atoms with Gasteiger partial charge in [-0.2, -0.15) is 0 Å². The van der Waals surface area contributed by atoms with Crippen molar-refractivity contribution in [2.75, 3.05) is 5.32 Å². The molecular formula is C12H14ClNO. The number of amides is 1. The fourth-order valence-corrected chi connectivity index (χ4v) is 2.10. The van der Waals surface area contributed by atoms with E-state index in [9.17, 15) is 4.79 Å². The first-order valence-electron chi connectivity index (χ1n) is 5.20. The average molecular weight is 224 g/mol. The van der Waals surface area contributed by atoms with Crippen molar-refractivity contribution in [2.45, 2.75) is 32.6 Å². The molecular weight excluding hydrogens is 210 g/mol. The van der Waals surface area contributed by atoms with Gasteiger partial charge in [0, 0.05) is 6.42 Å². The van der Waals surface area contributed by atoms with E-state index < -0.39 is 0 Å². The number of halogens is 1. The Morgan fingerprint density at radius 3 is 2.73 bits per heavy atom. The van der Waals surface area contributed by atoms with Crippen LogP contribution in [-0.4, -0.2) is 5.91 Å². The van der Waals surface area contributed by atoms with Gasteiger partial charge >= 0.3 is 0 Å². The molecule has 2 nitrogen and oxygen atoms in total. The monoisotopic (exact) mass is 223 g/mol. The van der Waals surface area contributed by atoms with E-state index in [0.717, 1.165) is 17.7 Å². The van der Waals surface area contributed by atoms with E-state index in [1.54, 1.807) is 0 Å². The summed E-state index contributed by atoms with van der Waals surface area (Å²) in [6.07, 6.45) is 1.35. The second-order valence-corrected chi connectivity index (χ2v) is 4.65. The Hall–Kier alpha value is -1.02. The van der Waals surface area contributed by atoms with Gasteiger partial charge in [0.1, 0.15) is 0 Å². The number of hydrogen-bond donors (Lipinski definition) is 1. The van der Waals surface area contributed by atoms with Crippen LogP contribution in [0.25, 0.3) is 0 Å². The van der Waals surface area contributed by atoms with Gasteiger partial charge in [-0.05, 0) is 29.5 Å². The molecule has 2 rings (SSSR count). The van der Waals surface area contributed by atoms with Gasteiger partial charge in [-0.1, -0.05) is 31.5 Å². The lowest BCUT2D eigenvalue weighted by Gasteiger charge is -2.20. The molecule has 1 aliphatic rings. The van der Waals surface area contributed by atoms with Crippen molar-refractivity contribution < 1.29 is 4.79 Å². The van der Waals surface area contributed by atoms with Crippen LogP contribution in [-0.2, 0) is 11.2 Å². The SMILES string of the molecule is CC(C)c1cc(Cl)c2c(c1)CCC(=O)N2. The number of aryl methyl sites for hydroxylation is 1. The number of benzene rings is 1. The van der Waals surface area contributed by atoms with E-state index >= 15 is 0 Å². The lowest BCUT2D eigenvalue weighted by atomic mass is 9.95. The highest BCUT2D eigenvalue weighted by molar-refractivity contribution is 6.34. The molecule has 0 aliphatic carbocycles. The van der Waals surface area contributed by atoms with Gasteiger partial charge in [0.05, 0.1) is 10.7 Å². The molecule has 3 heteroatoms. The molecule has 0 unspecified atom stereocenters. The lowest BCUT2D eigenvalue weighted by Crippen LogP contribution is -2.19. The summed E-state index contributed by atoms with van der Waals surface area (Å²) >= 11 is 6.14. The highest BCUT2D eigenvalue weighted by atomic mass is 35.5. The summed E-state index contributed by atoms with van der Waals surface area (Å²) in [5.41, 5.74) is 3.19. The second kappa shape index (κ2) is 3.86. The van der Waals surface area contributed by atoms with Crippen LogP contribution in [0, 0.1) is 0 Å². The van der Waals surface area contributed by atoms with Crippen molar-refractivity contribution in [1.29, 1.82) is 0 Å². The molecule has 80 valence electrons. The van der Waals surface area contributed by atoms with Crippen LogP contribution in [0.3, 0.4) is 0 Å². The Morgan fingerprint density at radius 1 is 1.33 bits per heavy atom. The van der Waals surface area contributed by atoms with Crippen molar-refractivity contribution in [3.63, 3.8) is 0 Å². The third-order valence-corrected chi connectivity index (χ3v) is 3.04. The van der Waals surface area contributed by atoms with E-state index in [0.29, 0.717) is 17.4 Å². The minimum Gasteiger partial charge on any atom is -0.325 e. The summed E-state index contributed by atoms with van der Waals surface area (Å²) in [5.74, 6) is 0.520. The zero-order valence-corrected chi connectivity index (χ0v) is 9.69. The third kappa shape index (κ3) is 2.00. The van der Waals surface area contributed by atoms with E-state index in [1.807, 2.05) is 6.07 Å². The number of nitrogens with one attached hydrogen (secondary N) is 1. The number of anilines is 1. The molecule has 0 saturated carbocycles. The fourth-order valence-electron chi connectivity index (χ4n) is 1.81. The van der Waals surface area contributed by atoms with Gasteiger partial charge in [-0.15, -0.1) is 0 Å². The Morgan fingerprint density at radius 2 is 2.07 bits per heavy atom. The number of hydrogen-bond acceptors (Lipinski definition) is 1. The van der Waals surface area contributed by atoms with Crippen LogP contribution >= 0.6 is 11.6 Å². The maximum absolute atomic E-state index is 11.2. The maximum atomic E-state index is 11.2. The molecule has 1 aromatic carbocycles. The predicted octanol–water partition coefficient (Wildman–Crippen LogP) is 3.35. The van der Waals surface area contributed by atoms with Gasteiger partial charge in [0.25, 0.3) is 0 Å². The molecule has 0 saturated heterocycles. The van der Waals surface area contributed by atoms with Crippen LogP contribution in [0.1, 0.15) is 37.3 Å². The zero-order chi connectivity index (χ0) is 11.0. The van der Waals surface area contributed by atoms with Gasteiger partial charge in [-0.3, -0.25) is 4.79 Å². The molecule has 0 fully saturated rings. The number of rotatable bonds is 1. The number of fused-ring (bicyclic) bond motifs is 1. The Kier molecular flexibility index (Phi) is 2.70. The lowest BCUT2D eigenvalue weighted by molar-refractivity contribution is -0.116. The molecule has 0 radical (unpaired) electrons. The molecule has 1 aliphatic heterocycles. The molecule has 1 amide bonds. The summed E-state index contributed by atoms with van der Waals surface area (Å²) in [7, 11) is 0. The minimum atomic E-state index is 0.0571. The highest BCUT2D eigenvalue weighted by Gasteiger charge is 2.18. The largest absolute Gasteiger partial charge is 0.325 e. The highest BCUT2D eigenvalue weighted by Crippen LogP contribution is 2.33. The van der Waals surface area contributed by atoms with E-state index in [1.165, 1.54) is 5.56 Å². The van der Waals surface area contributed by atoms with Crippen molar-refractivity contribution in [2.24, 2.45) is 0 Å². The van der Waals surface area contributed by atoms with Gasteiger partial charge in [0.2, 0.25) is 5.91 Å². The molecule has 15 heavy (non-hydrogen) atoms. The Balaban J connectivity index is 2.47. The van der Waals surface area contributed by atoms with Crippen LogP contribution in [0.15, 0.2) is 12.1 Å². The van der Waals surface area contributed by atoms with Gasteiger partial charge in [-0.25, -0.2) is 0 Å². The van der Waals surface area contributed by atoms with E-state index in [-0.39, 0.29) is 5.91 Å². The van der Waals surface area contributed by atoms with Crippen molar-refractivity contribution in [1.82, 2.24) is 0 Å². The predicted molar refractivity (Wildman–Crippen MR) is 62.5 cm³/mol. The summed E-state index contributed by atoms with van der Waals surface area (Å²) in [6, 6.07) is 4.09. The number of carbonyl (C=O) groups is 1. The summed E-state index contributed by atoms with van der Waals surface area (Å²) < 4.78 is 0. The van der Waals surface area contributed by atoms with Crippen molar-refractivity contribution >= 4 is 23.2 Å². The van der Waals surface area contributed by atoms with E-state index in [4.69, 9.17) is 11.6 Å². The maximum Gasteiger partial charge on any atom is 0.224 e. The Bertz CT molecular complexity index is 412. The summed E-state index contributed by atoms with van der Waals surface area (Å²) in [4.78, 5) is 11.2. The molecule has 1 heterocycles. The standard InChI is InChI=1S/C12H14ClNO/c1-7(2)9-5-8-3-4-11(15)14-12(8)10(13)6-9/h5-7H,3-4H2,1-2H3,(H,14,15). The molecule has 0 atom stereocenters. The molecule has 0 bridgehead atoms. The van der Waals surface area contributed by atoms with Gasteiger partial charge < -0.3 is 5.32 Å². The second-order valence-electron chi connectivity index (χ2n) is 4.24. The normalized spacial score (nSPS) is 15.1. The number of carbonyl (C=O) groups excluding carboxylic acids is 1. The Labute approximate surface area is 94.6 Å². The van der Waals surface area contributed by atoms with Crippen molar-refractivity contribution in [3.8, 4) is 0 Å². The van der Waals surface area contributed by atoms with Gasteiger partial charge in [0.15, 0.2) is 0 Å². The summed E-state index contributed by atoms with van der Waals surface area (Å²) in [5, 5.41) is 3.48. The topological polar surface area (TPSA) is 29.1 Å². The average Bonchev–Trinajstić information content (AvgIpc) is 2.18. The zero-order valence-electron chi connectivity index (χ0n) is 8.93. The van der Waals surface area contributed by atoms with Crippen LogP contribution in [0.5, 0.6) is 0 Å². The molecule has 1 N–H and O–H groups in total. The van der Waals surface area contributed by atoms with Crippen LogP contribution in [0.2, 0.25) is 5.02 Å². The minimum absolute atomic E-state index is 0.0571. The third-order valence-electron chi connectivity index (χ3n) is 2.75. The van der Waals surface area contributed by atoms with Crippen LogP contribution in [0.4, 0.5) is 5.69 Å². The quantitative estimate of drug-likeness (QED) is 0.777. The smallest absolute Gasteiger partial charge is 0.224 e.